The number of carbonyl (C=O) groups excluding carboxylic acids is 1. The van der Waals surface area contributed by atoms with Gasteiger partial charge in [0.1, 0.15) is 0 Å². The van der Waals surface area contributed by atoms with Gasteiger partial charge in [-0.25, -0.2) is 0 Å². The highest BCUT2D eigenvalue weighted by atomic mass is 16.3. The Morgan fingerprint density at radius 1 is 1.64 bits per heavy atom. The van der Waals surface area contributed by atoms with Gasteiger partial charge in [0.15, 0.2) is 5.76 Å². The van der Waals surface area contributed by atoms with Gasteiger partial charge in [-0.05, 0) is 13.0 Å². The first-order chi connectivity index (χ1) is 6.70. The van der Waals surface area contributed by atoms with Crippen molar-refractivity contribution in [2.24, 2.45) is 0 Å². The number of amides is 1. The van der Waals surface area contributed by atoms with Crippen LogP contribution in [0.2, 0.25) is 0 Å². The second-order valence-electron chi connectivity index (χ2n) is 3.66. The first kappa shape index (κ1) is 9.27. The molecule has 0 unspecified atom stereocenters. The van der Waals surface area contributed by atoms with Crippen LogP contribution in [0.1, 0.15) is 16.1 Å². The molecule has 0 aromatic carbocycles. The SMILES string of the molecule is Cc1ccoc1C(=O)N(C)C1CNC1. The number of hydrogen-bond acceptors (Lipinski definition) is 3. The van der Waals surface area contributed by atoms with Gasteiger partial charge in [-0.15, -0.1) is 0 Å². The summed E-state index contributed by atoms with van der Waals surface area (Å²) in [7, 11) is 1.82. The van der Waals surface area contributed by atoms with Crippen LogP contribution in [0, 0.1) is 6.92 Å². The molecule has 0 aliphatic carbocycles. The van der Waals surface area contributed by atoms with Gasteiger partial charge in [0.05, 0.1) is 12.3 Å². The third-order valence-corrected chi connectivity index (χ3v) is 2.68. The van der Waals surface area contributed by atoms with Crippen molar-refractivity contribution in [2.75, 3.05) is 20.1 Å². The van der Waals surface area contributed by atoms with E-state index < -0.39 is 0 Å². The molecule has 1 aliphatic heterocycles. The normalized spacial score (nSPS) is 16.4. The molecule has 1 amide bonds. The highest BCUT2D eigenvalue weighted by Gasteiger charge is 2.28. The van der Waals surface area contributed by atoms with Gasteiger partial charge < -0.3 is 14.6 Å². The van der Waals surface area contributed by atoms with Gasteiger partial charge in [-0.1, -0.05) is 0 Å². The van der Waals surface area contributed by atoms with E-state index in [0.29, 0.717) is 11.8 Å². The second kappa shape index (κ2) is 3.46. The summed E-state index contributed by atoms with van der Waals surface area (Å²) in [6.07, 6.45) is 1.55. The maximum Gasteiger partial charge on any atom is 0.289 e. The Hall–Kier alpha value is -1.29. The van der Waals surface area contributed by atoms with Crippen molar-refractivity contribution in [1.29, 1.82) is 0 Å². The molecule has 1 aliphatic rings. The molecule has 0 saturated carbocycles. The number of nitrogens with zero attached hydrogens (tertiary/aromatic N) is 1. The zero-order valence-corrected chi connectivity index (χ0v) is 8.41. The molecule has 4 heteroatoms. The first-order valence-corrected chi connectivity index (χ1v) is 4.72. The van der Waals surface area contributed by atoms with Crippen LogP contribution in [-0.2, 0) is 0 Å². The average molecular weight is 194 g/mol. The standard InChI is InChI=1S/C10H14N2O2/c1-7-3-4-14-9(7)10(13)12(2)8-5-11-6-8/h3-4,8,11H,5-6H2,1-2H3. The maximum atomic E-state index is 11.9. The van der Waals surface area contributed by atoms with Crippen molar-refractivity contribution < 1.29 is 9.21 Å². The maximum absolute atomic E-state index is 11.9. The Kier molecular flexibility index (Phi) is 2.29. The number of nitrogens with one attached hydrogen (secondary N) is 1. The van der Waals surface area contributed by atoms with Crippen molar-refractivity contribution in [3.8, 4) is 0 Å². The summed E-state index contributed by atoms with van der Waals surface area (Å²) >= 11 is 0. The fourth-order valence-corrected chi connectivity index (χ4v) is 1.47. The third-order valence-electron chi connectivity index (χ3n) is 2.68. The largest absolute Gasteiger partial charge is 0.459 e. The topological polar surface area (TPSA) is 45.5 Å². The van der Waals surface area contributed by atoms with Crippen molar-refractivity contribution >= 4 is 5.91 Å². The number of rotatable bonds is 2. The van der Waals surface area contributed by atoms with Gasteiger partial charge >= 0.3 is 0 Å². The molecule has 0 radical (unpaired) electrons. The highest BCUT2D eigenvalue weighted by Crippen LogP contribution is 2.13. The molecule has 2 heterocycles. The monoisotopic (exact) mass is 194 g/mol. The Bertz CT molecular complexity index is 342. The fourth-order valence-electron chi connectivity index (χ4n) is 1.47. The van der Waals surface area contributed by atoms with Crippen LogP contribution in [-0.4, -0.2) is 37.0 Å². The minimum Gasteiger partial charge on any atom is -0.459 e. The van der Waals surface area contributed by atoms with Crippen LogP contribution in [0.4, 0.5) is 0 Å². The van der Waals surface area contributed by atoms with Crippen molar-refractivity contribution in [3.05, 3.63) is 23.7 Å². The number of hydrogen-bond donors (Lipinski definition) is 1. The summed E-state index contributed by atoms with van der Waals surface area (Å²) in [5.74, 6) is 0.429. The smallest absolute Gasteiger partial charge is 0.289 e. The fraction of sp³-hybridized carbons (Fsp3) is 0.500. The lowest BCUT2D eigenvalue weighted by molar-refractivity contribution is 0.0648. The van der Waals surface area contributed by atoms with Crippen molar-refractivity contribution in [3.63, 3.8) is 0 Å². The van der Waals surface area contributed by atoms with E-state index in [2.05, 4.69) is 5.32 Å². The minimum atomic E-state index is -0.0287. The van der Waals surface area contributed by atoms with Gasteiger partial charge in [-0.2, -0.15) is 0 Å². The molecule has 0 atom stereocenters. The summed E-state index contributed by atoms with van der Waals surface area (Å²) in [6, 6.07) is 2.12. The summed E-state index contributed by atoms with van der Waals surface area (Å²) in [5.41, 5.74) is 0.897. The first-order valence-electron chi connectivity index (χ1n) is 4.72. The quantitative estimate of drug-likeness (QED) is 0.751. The molecule has 0 spiro atoms. The summed E-state index contributed by atoms with van der Waals surface area (Å²) < 4.78 is 5.15. The zero-order chi connectivity index (χ0) is 10.1. The molecule has 1 saturated heterocycles. The predicted octanol–water partition coefficient (Wildman–Crippen LogP) is 0.632. The van der Waals surface area contributed by atoms with Crippen LogP contribution >= 0.6 is 0 Å². The molecule has 4 nitrogen and oxygen atoms in total. The third kappa shape index (κ3) is 1.42. The van der Waals surface area contributed by atoms with Crippen LogP contribution < -0.4 is 5.32 Å². The Morgan fingerprint density at radius 3 is 2.79 bits per heavy atom. The average Bonchev–Trinajstić information content (AvgIpc) is 2.47. The van der Waals surface area contributed by atoms with Crippen molar-refractivity contribution in [1.82, 2.24) is 10.2 Å². The van der Waals surface area contributed by atoms with Crippen molar-refractivity contribution in [2.45, 2.75) is 13.0 Å². The highest BCUT2D eigenvalue weighted by molar-refractivity contribution is 5.92. The van der Waals surface area contributed by atoms with E-state index in [1.165, 1.54) is 0 Å². The Morgan fingerprint density at radius 2 is 2.36 bits per heavy atom. The number of aryl methyl sites for hydroxylation is 1. The summed E-state index contributed by atoms with van der Waals surface area (Å²) in [6.45, 7) is 3.63. The van der Waals surface area contributed by atoms with Crippen LogP contribution in [0.15, 0.2) is 16.7 Å². The number of likely N-dealkylation sites (N-methyl/N-ethyl adjacent to an activating group) is 1. The molecule has 14 heavy (non-hydrogen) atoms. The lowest BCUT2D eigenvalue weighted by Gasteiger charge is -2.35. The second-order valence-corrected chi connectivity index (χ2v) is 3.66. The molecular weight excluding hydrogens is 180 g/mol. The van der Waals surface area contributed by atoms with E-state index in [0.717, 1.165) is 18.7 Å². The van der Waals surface area contributed by atoms with Crippen LogP contribution in [0.5, 0.6) is 0 Å². The van der Waals surface area contributed by atoms with E-state index in [-0.39, 0.29) is 5.91 Å². The van der Waals surface area contributed by atoms with E-state index in [9.17, 15) is 4.79 Å². The van der Waals surface area contributed by atoms with E-state index >= 15 is 0 Å². The van der Waals surface area contributed by atoms with Gasteiger partial charge in [0.25, 0.3) is 5.91 Å². The van der Waals surface area contributed by atoms with Crippen LogP contribution in [0.3, 0.4) is 0 Å². The molecule has 1 aromatic heterocycles. The molecule has 1 N–H and O–H groups in total. The summed E-state index contributed by atoms with van der Waals surface area (Å²) in [5, 5.41) is 3.13. The van der Waals surface area contributed by atoms with E-state index in [4.69, 9.17) is 4.42 Å². The summed E-state index contributed by atoms with van der Waals surface area (Å²) in [4.78, 5) is 13.6. The lowest BCUT2D eigenvalue weighted by atomic mass is 10.1. The van der Waals surface area contributed by atoms with Crippen LogP contribution in [0.25, 0.3) is 0 Å². The number of carbonyl (C=O) groups is 1. The molecule has 2 rings (SSSR count). The predicted molar refractivity (Wildman–Crippen MR) is 52.2 cm³/mol. The number of furan rings is 1. The van der Waals surface area contributed by atoms with Gasteiger partial charge in [0, 0.05) is 25.7 Å². The zero-order valence-electron chi connectivity index (χ0n) is 8.41. The molecule has 1 fully saturated rings. The van der Waals surface area contributed by atoms with Gasteiger partial charge in [-0.3, -0.25) is 4.79 Å². The minimum absolute atomic E-state index is 0.0287. The molecule has 0 bridgehead atoms. The van der Waals surface area contributed by atoms with E-state index in [1.54, 1.807) is 17.2 Å². The lowest BCUT2D eigenvalue weighted by Crippen LogP contribution is -2.57. The molecular formula is C10H14N2O2. The molecule has 1 aromatic rings. The van der Waals surface area contributed by atoms with Gasteiger partial charge in [0.2, 0.25) is 0 Å². The molecule has 76 valence electrons. The van der Waals surface area contributed by atoms with E-state index in [1.807, 2.05) is 14.0 Å². The Balaban J connectivity index is 2.11. The Labute approximate surface area is 82.9 Å².